The highest BCUT2D eigenvalue weighted by Gasteiger charge is 2.16. The van der Waals surface area contributed by atoms with Crippen LogP contribution >= 0.6 is 0 Å². The monoisotopic (exact) mass is 184 g/mol. The number of aliphatic hydroxyl groups excluding tert-OH is 1. The van der Waals surface area contributed by atoms with Crippen LogP contribution in [-0.4, -0.2) is 31.8 Å². The van der Waals surface area contributed by atoms with Crippen LogP contribution in [0.3, 0.4) is 0 Å². The van der Waals surface area contributed by atoms with Crippen molar-refractivity contribution in [2.75, 3.05) is 0 Å². The molecule has 1 aromatic rings. The molecule has 1 unspecified atom stereocenters. The van der Waals surface area contributed by atoms with Gasteiger partial charge in [-0.25, -0.2) is 9.78 Å². The quantitative estimate of drug-likeness (QED) is 0.677. The highest BCUT2D eigenvalue weighted by atomic mass is 16.4. The van der Waals surface area contributed by atoms with Crippen LogP contribution in [0.1, 0.15) is 11.5 Å². The summed E-state index contributed by atoms with van der Waals surface area (Å²) in [4.78, 5) is 14.3. The minimum Gasteiger partial charge on any atom is -0.479 e. The lowest BCUT2D eigenvalue weighted by molar-refractivity contribution is -0.146. The number of hydrogen-bond donors (Lipinski definition) is 2. The third-order valence-corrected chi connectivity index (χ3v) is 1.98. The summed E-state index contributed by atoms with van der Waals surface area (Å²) in [6, 6.07) is 0. The van der Waals surface area contributed by atoms with E-state index in [0.717, 1.165) is 5.69 Å². The molecule has 0 bridgehead atoms. The molecule has 0 saturated carbocycles. The van der Waals surface area contributed by atoms with E-state index in [4.69, 9.17) is 10.2 Å². The van der Waals surface area contributed by atoms with Gasteiger partial charge in [0.1, 0.15) is 5.82 Å². The van der Waals surface area contributed by atoms with Crippen molar-refractivity contribution in [3.63, 3.8) is 0 Å². The molecule has 0 aliphatic carbocycles. The number of carboxylic acid groups (broad SMARTS) is 1. The number of nitrogens with zero attached hydrogens (tertiary/aromatic N) is 2. The standard InChI is InChI=1S/C8H12N2O3/c1-5-4-9-7(10(5)2)3-6(11)8(12)13/h4,6,11H,3H2,1-2H3,(H,12,13). The predicted molar refractivity (Wildman–Crippen MR) is 45.3 cm³/mol. The second-order valence-corrected chi connectivity index (χ2v) is 2.93. The molecule has 72 valence electrons. The van der Waals surface area contributed by atoms with Gasteiger partial charge in [0.25, 0.3) is 0 Å². The Balaban J connectivity index is 2.74. The maximum absolute atomic E-state index is 10.3. The van der Waals surface area contributed by atoms with E-state index < -0.39 is 12.1 Å². The topological polar surface area (TPSA) is 75.3 Å². The van der Waals surface area contributed by atoms with Gasteiger partial charge in [-0.1, -0.05) is 0 Å². The zero-order valence-electron chi connectivity index (χ0n) is 7.56. The Morgan fingerprint density at radius 3 is 2.77 bits per heavy atom. The summed E-state index contributed by atoms with van der Waals surface area (Å²) < 4.78 is 1.76. The molecule has 0 spiro atoms. The lowest BCUT2D eigenvalue weighted by Crippen LogP contribution is -2.23. The molecule has 0 aromatic carbocycles. The number of aromatic nitrogens is 2. The molecule has 13 heavy (non-hydrogen) atoms. The van der Waals surface area contributed by atoms with Crippen LogP contribution in [0.15, 0.2) is 6.20 Å². The number of hydrogen-bond acceptors (Lipinski definition) is 3. The van der Waals surface area contributed by atoms with Gasteiger partial charge in [0.15, 0.2) is 6.10 Å². The molecule has 5 heteroatoms. The van der Waals surface area contributed by atoms with Gasteiger partial charge in [-0.3, -0.25) is 0 Å². The SMILES string of the molecule is Cc1cnc(CC(O)C(=O)O)n1C. The molecule has 1 rings (SSSR count). The minimum absolute atomic E-state index is 0.0413. The fourth-order valence-electron chi connectivity index (χ4n) is 0.995. The van der Waals surface area contributed by atoms with Gasteiger partial charge in [0, 0.05) is 25.4 Å². The van der Waals surface area contributed by atoms with E-state index in [1.54, 1.807) is 17.8 Å². The second kappa shape index (κ2) is 3.57. The first kappa shape index (κ1) is 9.73. The fourth-order valence-corrected chi connectivity index (χ4v) is 0.995. The van der Waals surface area contributed by atoms with Crippen LogP contribution < -0.4 is 0 Å². The smallest absolute Gasteiger partial charge is 0.332 e. The average molecular weight is 184 g/mol. The fraction of sp³-hybridized carbons (Fsp3) is 0.500. The van der Waals surface area contributed by atoms with Crippen molar-refractivity contribution >= 4 is 5.97 Å². The van der Waals surface area contributed by atoms with Crippen LogP contribution in [0.5, 0.6) is 0 Å². The van der Waals surface area contributed by atoms with Crippen LogP contribution in [0.2, 0.25) is 0 Å². The van der Waals surface area contributed by atoms with Gasteiger partial charge < -0.3 is 14.8 Å². The molecule has 0 aliphatic rings. The van der Waals surface area contributed by atoms with Gasteiger partial charge in [-0.15, -0.1) is 0 Å². The van der Waals surface area contributed by atoms with Crippen LogP contribution in [0, 0.1) is 6.92 Å². The molecule has 0 saturated heterocycles. The summed E-state index contributed by atoms with van der Waals surface area (Å²) in [6.07, 6.45) is 0.310. The Kier molecular flexibility index (Phi) is 2.67. The molecule has 5 nitrogen and oxygen atoms in total. The van der Waals surface area contributed by atoms with Crippen molar-refractivity contribution in [3.8, 4) is 0 Å². The molecule has 0 amide bonds. The molecule has 1 heterocycles. The lowest BCUT2D eigenvalue weighted by atomic mass is 10.2. The summed E-state index contributed by atoms with van der Waals surface area (Å²) in [6.45, 7) is 1.86. The van der Waals surface area contributed by atoms with Crippen LogP contribution in [0.25, 0.3) is 0 Å². The van der Waals surface area contributed by atoms with E-state index in [0.29, 0.717) is 5.82 Å². The third kappa shape index (κ3) is 2.06. The van der Waals surface area contributed by atoms with Gasteiger partial charge in [-0.2, -0.15) is 0 Å². The third-order valence-electron chi connectivity index (χ3n) is 1.98. The molecular weight excluding hydrogens is 172 g/mol. The Morgan fingerprint density at radius 2 is 2.38 bits per heavy atom. The normalized spacial score (nSPS) is 12.8. The van der Waals surface area contributed by atoms with Gasteiger partial charge >= 0.3 is 5.97 Å². The zero-order chi connectivity index (χ0) is 10.0. The Hall–Kier alpha value is -1.36. The second-order valence-electron chi connectivity index (χ2n) is 2.93. The number of carboxylic acids is 1. The highest BCUT2D eigenvalue weighted by molar-refractivity contribution is 5.72. The number of aryl methyl sites for hydroxylation is 1. The van der Waals surface area contributed by atoms with E-state index >= 15 is 0 Å². The number of rotatable bonds is 3. The van der Waals surface area contributed by atoms with Crippen LogP contribution in [-0.2, 0) is 18.3 Å². The Bertz CT molecular complexity index is 319. The zero-order valence-corrected chi connectivity index (χ0v) is 7.56. The van der Waals surface area contributed by atoms with E-state index in [2.05, 4.69) is 4.98 Å². The summed E-state index contributed by atoms with van der Waals surface area (Å²) >= 11 is 0. The van der Waals surface area contributed by atoms with E-state index in [9.17, 15) is 4.79 Å². The van der Waals surface area contributed by atoms with E-state index in [-0.39, 0.29) is 6.42 Å². The molecule has 2 N–H and O–H groups in total. The molecule has 1 atom stereocenters. The average Bonchev–Trinajstić information content (AvgIpc) is 2.36. The predicted octanol–water partition coefficient (Wildman–Crippen LogP) is -0.283. The molecule has 0 aliphatic heterocycles. The van der Waals surface area contributed by atoms with Gasteiger partial charge in [0.05, 0.1) is 0 Å². The van der Waals surface area contributed by atoms with Crippen molar-refractivity contribution < 1.29 is 15.0 Å². The number of aliphatic hydroxyl groups is 1. The Labute approximate surface area is 75.6 Å². The molecule has 1 aromatic heterocycles. The number of aliphatic carboxylic acids is 1. The maximum Gasteiger partial charge on any atom is 0.332 e. The van der Waals surface area contributed by atoms with Crippen molar-refractivity contribution in [1.82, 2.24) is 9.55 Å². The molecular formula is C8H12N2O3. The van der Waals surface area contributed by atoms with Crippen molar-refractivity contribution in [2.45, 2.75) is 19.4 Å². The highest BCUT2D eigenvalue weighted by Crippen LogP contribution is 2.04. The lowest BCUT2D eigenvalue weighted by Gasteiger charge is -2.05. The first-order valence-electron chi connectivity index (χ1n) is 3.90. The minimum atomic E-state index is -1.37. The van der Waals surface area contributed by atoms with Gasteiger partial charge in [-0.05, 0) is 6.92 Å². The number of imidazole rings is 1. The largest absolute Gasteiger partial charge is 0.479 e. The summed E-state index contributed by atoms with van der Waals surface area (Å²) in [7, 11) is 1.78. The number of carbonyl (C=O) groups is 1. The first-order chi connectivity index (χ1) is 6.02. The van der Waals surface area contributed by atoms with Crippen molar-refractivity contribution in [1.29, 1.82) is 0 Å². The summed E-state index contributed by atoms with van der Waals surface area (Å²) in [5, 5.41) is 17.5. The summed E-state index contributed by atoms with van der Waals surface area (Å²) in [5.74, 6) is -0.645. The molecule has 0 fully saturated rings. The molecule has 0 radical (unpaired) electrons. The maximum atomic E-state index is 10.3. The van der Waals surface area contributed by atoms with E-state index in [1.165, 1.54) is 0 Å². The van der Waals surface area contributed by atoms with Crippen molar-refractivity contribution in [3.05, 3.63) is 17.7 Å². The van der Waals surface area contributed by atoms with Gasteiger partial charge in [0.2, 0.25) is 0 Å². The van der Waals surface area contributed by atoms with E-state index in [1.807, 2.05) is 6.92 Å². The van der Waals surface area contributed by atoms with Crippen LogP contribution in [0.4, 0.5) is 0 Å². The Morgan fingerprint density at radius 1 is 1.77 bits per heavy atom. The van der Waals surface area contributed by atoms with Crippen molar-refractivity contribution in [2.24, 2.45) is 7.05 Å². The summed E-state index contributed by atoms with van der Waals surface area (Å²) in [5.41, 5.74) is 0.938. The first-order valence-corrected chi connectivity index (χ1v) is 3.90.